The number of hydrogen-bond donors (Lipinski definition) is 2. The molecule has 0 saturated carbocycles. The van der Waals surface area contributed by atoms with Crippen molar-refractivity contribution in [3.8, 4) is 12.3 Å². The molecular weight excluding hydrogens is 224 g/mol. The van der Waals surface area contributed by atoms with E-state index < -0.39 is 5.54 Å². The van der Waals surface area contributed by atoms with Crippen molar-refractivity contribution in [3.63, 3.8) is 0 Å². The molecule has 0 saturated heterocycles. The molecule has 0 aromatic heterocycles. The Morgan fingerprint density at radius 3 is 2.89 bits per heavy atom. The Morgan fingerprint density at radius 1 is 1.44 bits per heavy atom. The van der Waals surface area contributed by atoms with E-state index in [0.717, 1.165) is 18.5 Å². The number of aryl methyl sites for hydroxylation is 1. The first-order valence-corrected chi connectivity index (χ1v) is 6.16. The van der Waals surface area contributed by atoms with Crippen LogP contribution >= 0.6 is 0 Å². The van der Waals surface area contributed by atoms with Crippen molar-refractivity contribution >= 4 is 11.6 Å². The van der Waals surface area contributed by atoms with Gasteiger partial charge < -0.3 is 5.32 Å². The van der Waals surface area contributed by atoms with E-state index in [1.54, 1.807) is 0 Å². The summed E-state index contributed by atoms with van der Waals surface area (Å²) in [5, 5.41) is 6.17. The average molecular weight is 242 g/mol. The summed E-state index contributed by atoms with van der Waals surface area (Å²) in [5.74, 6) is 2.65. The van der Waals surface area contributed by atoms with Crippen molar-refractivity contribution < 1.29 is 4.79 Å². The van der Waals surface area contributed by atoms with Crippen LogP contribution in [0.1, 0.15) is 25.8 Å². The summed E-state index contributed by atoms with van der Waals surface area (Å²) in [5.41, 5.74) is 1.61. The molecule has 2 N–H and O–H groups in total. The van der Waals surface area contributed by atoms with E-state index in [4.69, 9.17) is 6.42 Å². The van der Waals surface area contributed by atoms with Gasteiger partial charge >= 0.3 is 0 Å². The number of nitrogens with one attached hydrogen (secondary N) is 2. The summed E-state index contributed by atoms with van der Waals surface area (Å²) in [7, 11) is 0. The van der Waals surface area contributed by atoms with Gasteiger partial charge in [-0.15, -0.1) is 6.42 Å². The quantitative estimate of drug-likeness (QED) is 0.778. The number of hydrogen-bond acceptors (Lipinski definition) is 2. The molecule has 1 unspecified atom stereocenters. The van der Waals surface area contributed by atoms with Crippen molar-refractivity contribution in [1.29, 1.82) is 0 Å². The minimum Gasteiger partial charge on any atom is -0.324 e. The Balaban J connectivity index is 2.16. The van der Waals surface area contributed by atoms with Gasteiger partial charge in [-0.1, -0.05) is 24.1 Å². The number of carbonyl (C=O) groups excluding carboxylic acids is 1. The molecule has 1 aromatic carbocycles. The molecule has 1 aliphatic heterocycles. The topological polar surface area (TPSA) is 41.1 Å². The largest absolute Gasteiger partial charge is 0.324 e. The van der Waals surface area contributed by atoms with Crippen LogP contribution in [0.2, 0.25) is 0 Å². The van der Waals surface area contributed by atoms with Gasteiger partial charge in [0.25, 0.3) is 0 Å². The van der Waals surface area contributed by atoms with Crippen molar-refractivity contribution in [2.45, 2.75) is 38.3 Å². The molecule has 0 fully saturated rings. The van der Waals surface area contributed by atoms with E-state index in [1.807, 2.05) is 38.1 Å². The van der Waals surface area contributed by atoms with Gasteiger partial charge in [-0.3, -0.25) is 10.1 Å². The molecule has 1 atom stereocenters. The number of benzene rings is 1. The van der Waals surface area contributed by atoms with Gasteiger partial charge in [0.2, 0.25) is 5.91 Å². The van der Waals surface area contributed by atoms with Crippen LogP contribution in [0, 0.1) is 12.3 Å². The number of rotatable bonds is 2. The number of fused-ring (bicyclic) bond motifs is 1. The Morgan fingerprint density at radius 2 is 2.17 bits per heavy atom. The van der Waals surface area contributed by atoms with Crippen LogP contribution < -0.4 is 10.6 Å². The molecule has 0 spiro atoms. The molecule has 94 valence electrons. The molecule has 1 aromatic rings. The first-order valence-electron chi connectivity index (χ1n) is 6.16. The number of carbonyl (C=O) groups is 1. The van der Waals surface area contributed by atoms with E-state index in [9.17, 15) is 4.79 Å². The molecule has 0 bridgehead atoms. The first kappa shape index (κ1) is 12.7. The van der Waals surface area contributed by atoms with Crippen LogP contribution in [-0.4, -0.2) is 17.5 Å². The fourth-order valence-corrected chi connectivity index (χ4v) is 2.13. The minimum absolute atomic E-state index is 0.0109. The fraction of sp³-hybridized carbons (Fsp3) is 0.400. The van der Waals surface area contributed by atoms with Crippen LogP contribution in [0.15, 0.2) is 24.3 Å². The van der Waals surface area contributed by atoms with Crippen LogP contribution in [0.3, 0.4) is 0 Å². The number of anilines is 1. The Labute approximate surface area is 108 Å². The van der Waals surface area contributed by atoms with E-state index in [-0.39, 0.29) is 11.9 Å². The summed E-state index contributed by atoms with van der Waals surface area (Å²) in [6, 6.07) is 7.65. The maximum atomic E-state index is 12.1. The lowest BCUT2D eigenvalue weighted by Gasteiger charge is -2.25. The van der Waals surface area contributed by atoms with Gasteiger partial charge in [0, 0.05) is 5.69 Å². The monoisotopic (exact) mass is 242 g/mol. The Kier molecular flexibility index (Phi) is 3.40. The lowest BCUT2D eigenvalue weighted by Crippen LogP contribution is -2.50. The molecule has 0 radical (unpaired) electrons. The van der Waals surface area contributed by atoms with Crippen molar-refractivity contribution in [2.24, 2.45) is 0 Å². The first-order chi connectivity index (χ1) is 8.52. The summed E-state index contributed by atoms with van der Waals surface area (Å²) >= 11 is 0. The van der Waals surface area contributed by atoms with E-state index in [2.05, 4.69) is 16.6 Å². The second-order valence-electron chi connectivity index (χ2n) is 5.15. The average Bonchev–Trinajstić information content (AvgIpc) is 2.49. The Bertz CT molecular complexity index is 499. The standard InChI is InChI=1S/C15H18N2O/c1-4-15(2,3)17-13-10-9-11-7-5-6-8-12(11)16-14(13)18/h1,5-8,13,17H,9-10H2,2-3H3,(H,16,18). The van der Waals surface area contributed by atoms with Gasteiger partial charge in [0.1, 0.15) is 0 Å². The molecule has 18 heavy (non-hydrogen) atoms. The van der Waals surface area contributed by atoms with Crippen LogP contribution in [0.4, 0.5) is 5.69 Å². The lowest BCUT2D eigenvalue weighted by atomic mass is 10.0. The zero-order chi connectivity index (χ0) is 13.2. The van der Waals surface area contributed by atoms with Crippen molar-refractivity contribution in [1.82, 2.24) is 5.32 Å². The lowest BCUT2D eigenvalue weighted by molar-refractivity contribution is -0.118. The second kappa shape index (κ2) is 4.83. The second-order valence-corrected chi connectivity index (χ2v) is 5.15. The van der Waals surface area contributed by atoms with Crippen LogP contribution in [0.5, 0.6) is 0 Å². The van der Waals surface area contributed by atoms with Gasteiger partial charge in [0.05, 0.1) is 11.6 Å². The number of amides is 1. The van der Waals surface area contributed by atoms with Crippen LogP contribution in [-0.2, 0) is 11.2 Å². The number of terminal acetylenes is 1. The fourth-order valence-electron chi connectivity index (χ4n) is 2.13. The summed E-state index contributed by atoms with van der Waals surface area (Å²) in [6.45, 7) is 3.80. The van der Waals surface area contributed by atoms with E-state index in [1.165, 1.54) is 5.56 Å². The van der Waals surface area contributed by atoms with Gasteiger partial charge in [0.15, 0.2) is 0 Å². The van der Waals surface area contributed by atoms with Gasteiger partial charge in [-0.25, -0.2) is 0 Å². The molecule has 3 heteroatoms. The zero-order valence-corrected chi connectivity index (χ0v) is 10.8. The molecule has 0 aliphatic carbocycles. The molecule has 2 rings (SSSR count). The third-order valence-corrected chi connectivity index (χ3v) is 3.19. The molecule has 1 heterocycles. The smallest absolute Gasteiger partial charge is 0.241 e. The predicted octanol–water partition coefficient (Wildman–Crippen LogP) is 1.94. The van der Waals surface area contributed by atoms with Crippen molar-refractivity contribution in [3.05, 3.63) is 29.8 Å². The van der Waals surface area contributed by atoms with Gasteiger partial charge in [-0.2, -0.15) is 0 Å². The van der Waals surface area contributed by atoms with E-state index in [0.29, 0.717) is 0 Å². The highest BCUT2D eigenvalue weighted by Gasteiger charge is 2.27. The zero-order valence-electron chi connectivity index (χ0n) is 10.8. The predicted molar refractivity (Wildman–Crippen MR) is 73.2 cm³/mol. The number of para-hydroxylation sites is 1. The highest BCUT2D eigenvalue weighted by Crippen LogP contribution is 2.22. The normalized spacial score (nSPS) is 19.4. The SMILES string of the molecule is C#CC(C)(C)NC1CCc2ccccc2NC1=O. The maximum absolute atomic E-state index is 12.1. The minimum atomic E-state index is -0.474. The molecule has 3 nitrogen and oxygen atoms in total. The van der Waals surface area contributed by atoms with Gasteiger partial charge in [-0.05, 0) is 38.3 Å². The summed E-state index contributed by atoms with van der Waals surface area (Å²) in [4.78, 5) is 12.1. The van der Waals surface area contributed by atoms with E-state index >= 15 is 0 Å². The van der Waals surface area contributed by atoms with Crippen molar-refractivity contribution in [2.75, 3.05) is 5.32 Å². The molecular formula is C15H18N2O. The molecule has 1 amide bonds. The summed E-state index contributed by atoms with van der Waals surface area (Å²) < 4.78 is 0. The third kappa shape index (κ3) is 2.72. The molecule has 1 aliphatic rings. The highest BCUT2D eigenvalue weighted by atomic mass is 16.2. The van der Waals surface area contributed by atoms with Crippen LogP contribution in [0.25, 0.3) is 0 Å². The maximum Gasteiger partial charge on any atom is 0.241 e. The summed E-state index contributed by atoms with van der Waals surface area (Å²) in [6.07, 6.45) is 7.07. The Hall–Kier alpha value is -1.79. The third-order valence-electron chi connectivity index (χ3n) is 3.19. The highest BCUT2D eigenvalue weighted by molar-refractivity contribution is 5.96.